The SMILES string of the molecule is Cc1cc(-n2c(=O)cc(F)n3ccnc23)c(F)cc1Cl.Cc1cc(-n2c(=S)cc(F)n3ccnc23)c(F)cc1Cl.Cc1ccccc1.FCF.FCF. The van der Waals surface area contributed by atoms with E-state index in [-0.39, 0.29) is 32.6 Å². The third kappa shape index (κ3) is 10.5. The van der Waals surface area contributed by atoms with Gasteiger partial charge >= 0.3 is 0 Å². The van der Waals surface area contributed by atoms with Gasteiger partial charge in [-0.3, -0.25) is 18.2 Å². The predicted molar refractivity (Wildman–Crippen MR) is 191 cm³/mol. The summed E-state index contributed by atoms with van der Waals surface area (Å²) in [5.74, 6) is -2.34. The summed E-state index contributed by atoms with van der Waals surface area (Å²) in [7, 11) is 0. The molecule has 0 spiro atoms. The van der Waals surface area contributed by atoms with Crippen molar-refractivity contribution in [3.8, 4) is 11.4 Å². The maximum absolute atomic E-state index is 14.1. The fraction of sp³-hybridized carbons (Fsp3) is 0.143. The highest BCUT2D eigenvalue weighted by Crippen LogP contribution is 2.25. The highest BCUT2D eigenvalue weighted by atomic mass is 35.5. The topological polar surface area (TPSA) is 61.5 Å². The van der Waals surface area contributed by atoms with Crippen molar-refractivity contribution < 1.29 is 35.1 Å². The molecule has 0 bridgehead atoms. The third-order valence-electron chi connectivity index (χ3n) is 6.91. The van der Waals surface area contributed by atoms with Crippen molar-refractivity contribution in [2.45, 2.75) is 20.8 Å². The van der Waals surface area contributed by atoms with E-state index in [0.717, 1.165) is 27.2 Å². The molecule has 4 heterocycles. The Labute approximate surface area is 311 Å². The monoisotopic (exact) mass is 802 g/mol. The van der Waals surface area contributed by atoms with E-state index in [4.69, 9.17) is 35.4 Å². The largest absolute Gasteiger partial charge is 0.269 e. The van der Waals surface area contributed by atoms with Crippen LogP contribution in [-0.4, -0.2) is 41.8 Å². The normalized spacial score (nSPS) is 10.3. The lowest BCUT2D eigenvalue weighted by Crippen LogP contribution is -2.22. The molecule has 7 nitrogen and oxygen atoms in total. The molecule has 0 aliphatic heterocycles. The molecule has 0 radical (unpaired) electrons. The number of fused-ring (bicyclic) bond motifs is 2. The van der Waals surface area contributed by atoms with Crippen LogP contribution in [0.3, 0.4) is 0 Å². The van der Waals surface area contributed by atoms with E-state index in [0.29, 0.717) is 16.1 Å². The molecule has 0 saturated carbocycles. The van der Waals surface area contributed by atoms with Crippen molar-refractivity contribution in [3.05, 3.63) is 157 Å². The standard InChI is InChI=1S/C13H8ClF2N3O.C13H8ClF2N3S.C7H8.2CH2F2/c2*1-7-4-10(9(15)5-8(7)14)19-12(20)6-11(16)18-3-2-17-13(18)19;1-7-5-3-2-4-6-7;2*2-1-3/h2*2-6H,1H3;2-6H,1H3;2*1H2. The van der Waals surface area contributed by atoms with Gasteiger partial charge in [-0.05, 0) is 56.2 Å². The number of benzene rings is 3. The lowest BCUT2D eigenvalue weighted by molar-refractivity contribution is 0.295. The van der Waals surface area contributed by atoms with E-state index in [9.17, 15) is 39.9 Å². The molecule has 0 aliphatic carbocycles. The second kappa shape index (κ2) is 19.7. The Balaban J connectivity index is 0.000000215. The van der Waals surface area contributed by atoms with Crippen LogP contribution in [0.5, 0.6) is 0 Å². The fourth-order valence-corrected chi connectivity index (χ4v) is 5.12. The second-order valence-corrected chi connectivity index (χ2v) is 11.7. The van der Waals surface area contributed by atoms with Gasteiger partial charge in [0.15, 0.2) is 0 Å². The van der Waals surface area contributed by atoms with E-state index in [1.165, 1.54) is 51.5 Å². The molecule has 0 unspecified atom stereocenters. The predicted octanol–water partition coefficient (Wildman–Crippen LogP) is 10.6. The van der Waals surface area contributed by atoms with Gasteiger partial charge in [-0.25, -0.2) is 40.9 Å². The number of halogens is 10. The number of hydrogen-bond donors (Lipinski definition) is 0. The van der Waals surface area contributed by atoms with E-state index >= 15 is 0 Å². The minimum absolute atomic E-state index is 0.00405. The maximum atomic E-state index is 14.1. The molecule has 280 valence electrons. The maximum Gasteiger partial charge on any atom is 0.262 e. The summed E-state index contributed by atoms with van der Waals surface area (Å²) in [5.41, 5.74) is 2.08. The van der Waals surface area contributed by atoms with Crippen molar-refractivity contribution in [2.75, 3.05) is 13.9 Å². The zero-order valence-electron chi connectivity index (χ0n) is 27.9. The van der Waals surface area contributed by atoms with Gasteiger partial charge in [-0.15, -0.1) is 0 Å². The van der Waals surface area contributed by atoms with Crippen LogP contribution in [0.2, 0.25) is 10.0 Å². The number of aromatic nitrogens is 6. The first-order valence-electron chi connectivity index (χ1n) is 14.9. The smallest absolute Gasteiger partial charge is 0.262 e. The van der Waals surface area contributed by atoms with Crippen molar-refractivity contribution in [1.29, 1.82) is 0 Å². The van der Waals surface area contributed by atoms with E-state index in [1.54, 1.807) is 19.9 Å². The average Bonchev–Trinajstić information content (AvgIpc) is 3.79. The van der Waals surface area contributed by atoms with Crippen molar-refractivity contribution in [2.24, 2.45) is 0 Å². The lowest BCUT2D eigenvalue weighted by Gasteiger charge is -2.12. The quantitative estimate of drug-likeness (QED) is 0.0992. The first-order valence-corrected chi connectivity index (χ1v) is 16.0. The van der Waals surface area contributed by atoms with Crippen molar-refractivity contribution >= 4 is 47.0 Å². The first-order chi connectivity index (χ1) is 25.2. The summed E-state index contributed by atoms with van der Waals surface area (Å²) in [6.07, 6.45) is 5.54. The second-order valence-electron chi connectivity index (χ2n) is 10.4. The molecule has 0 atom stereocenters. The third-order valence-corrected chi connectivity index (χ3v) is 8.02. The van der Waals surface area contributed by atoms with Crippen LogP contribution >= 0.6 is 35.4 Å². The summed E-state index contributed by atoms with van der Waals surface area (Å²) < 4.78 is 98.8. The summed E-state index contributed by atoms with van der Waals surface area (Å²) in [4.78, 5) is 19.9. The molecular formula is C35H28Cl2F8N6OS. The van der Waals surface area contributed by atoms with Crippen LogP contribution in [0.15, 0.2) is 96.3 Å². The van der Waals surface area contributed by atoms with E-state index in [2.05, 4.69) is 29.0 Å². The number of hydrogen-bond acceptors (Lipinski definition) is 4. The molecule has 0 fully saturated rings. The Bertz CT molecular complexity index is 2270. The zero-order valence-corrected chi connectivity index (χ0v) is 30.2. The van der Waals surface area contributed by atoms with Gasteiger partial charge in [0.05, 0.1) is 17.4 Å². The molecule has 7 rings (SSSR count). The van der Waals surface area contributed by atoms with Gasteiger partial charge < -0.3 is 0 Å². The van der Waals surface area contributed by atoms with Crippen LogP contribution in [0, 0.1) is 48.9 Å². The highest BCUT2D eigenvalue weighted by molar-refractivity contribution is 7.71. The lowest BCUT2D eigenvalue weighted by atomic mass is 10.2. The Morgan fingerprint density at radius 3 is 1.49 bits per heavy atom. The minimum atomic E-state index is -1.75. The van der Waals surface area contributed by atoms with Gasteiger partial charge in [0, 0.05) is 40.9 Å². The van der Waals surface area contributed by atoms with Gasteiger partial charge in [0.1, 0.15) is 16.3 Å². The molecule has 18 heteroatoms. The molecule has 0 saturated heterocycles. The number of aryl methyl sites for hydroxylation is 3. The van der Waals surface area contributed by atoms with Crippen LogP contribution < -0.4 is 5.56 Å². The Morgan fingerprint density at radius 2 is 1.06 bits per heavy atom. The number of nitrogens with zero attached hydrogens (tertiary/aromatic N) is 6. The molecule has 0 amide bonds. The number of rotatable bonds is 2. The van der Waals surface area contributed by atoms with Crippen LogP contribution in [0.4, 0.5) is 35.1 Å². The van der Waals surface area contributed by atoms with Gasteiger partial charge in [0.2, 0.25) is 37.3 Å². The average molecular weight is 804 g/mol. The van der Waals surface area contributed by atoms with Gasteiger partial charge in [-0.2, -0.15) is 8.78 Å². The Morgan fingerprint density at radius 1 is 0.642 bits per heavy atom. The molecule has 3 aromatic carbocycles. The zero-order chi connectivity index (χ0) is 39.4. The summed E-state index contributed by atoms with van der Waals surface area (Å²) in [6, 6.07) is 17.5. The summed E-state index contributed by atoms with van der Waals surface area (Å²) in [6.45, 7) is 2.02. The summed E-state index contributed by atoms with van der Waals surface area (Å²) in [5, 5.41) is 0.569. The van der Waals surface area contributed by atoms with Crippen molar-refractivity contribution in [1.82, 2.24) is 27.9 Å². The Kier molecular flexibility index (Phi) is 15.7. The van der Waals surface area contributed by atoms with Gasteiger partial charge in [-0.1, -0.05) is 71.3 Å². The minimum Gasteiger partial charge on any atom is -0.269 e. The molecule has 4 aromatic heterocycles. The molecule has 53 heavy (non-hydrogen) atoms. The van der Waals surface area contributed by atoms with Crippen molar-refractivity contribution in [3.63, 3.8) is 0 Å². The van der Waals surface area contributed by atoms with Crippen LogP contribution in [0.25, 0.3) is 22.9 Å². The Hall–Kier alpha value is -5.06. The van der Waals surface area contributed by atoms with Crippen LogP contribution in [0.1, 0.15) is 16.7 Å². The molecule has 0 N–H and O–H groups in total. The van der Waals surface area contributed by atoms with Crippen LogP contribution in [-0.2, 0) is 0 Å². The summed E-state index contributed by atoms with van der Waals surface area (Å²) >= 11 is 16.8. The first kappa shape index (κ1) is 42.4. The van der Waals surface area contributed by atoms with Gasteiger partial charge in [0.25, 0.3) is 5.56 Å². The number of alkyl halides is 4. The number of imidazole rings is 2. The fourth-order valence-electron chi connectivity index (χ4n) is 4.54. The van der Waals surface area contributed by atoms with E-state index < -0.39 is 42.9 Å². The molecule has 0 aliphatic rings. The molecular weight excluding hydrogens is 775 g/mol. The van der Waals surface area contributed by atoms with E-state index in [1.807, 2.05) is 18.2 Å². The molecule has 7 aromatic rings. The highest BCUT2D eigenvalue weighted by Gasteiger charge is 2.16.